The highest BCUT2D eigenvalue weighted by atomic mass is 19.1. The van der Waals surface area contributed by atoms with Crippen LogP contribution in [0.4, 0.5) is 4.39 Å². The quantitative estimate of drug-likeness (QED) is 0.762. The van der Waals surface area contributed by atoms with E-state index in [9.17, 15) is 9.18 Å². The molecule has 0 unspecified atom stereocenters. The summed E-state index contributed by atoms with van der Waals surface area (Å²) < 4.78 is 15.4. The molecule has 0 fully saturated rings. The average molecular weight is 246 g/mol. The molecule has 0 saturated carbocycles. The van der Waals surface area contributed by atoms with E-state index in [0.29, 0.717) is 23.1 Å². The van der Waals surface area contributed by atoms with Crippen molar-refractivity contribution < 1.29 is 9.18 Å². The van der Waals surface area contributed by atoms with Gasteiger partial charge in [0.25, 0.3) is 0 Å². The predicted molar refractivity (Wildman–Crippen MR) is 68.0 cm³/mol. The summed E-state index contributed by atoms with van der Waals surface area (Å²) in [4.78, 5) is 11.1. The Labute approximate surface area is 105 Å². The molecule has 0 amide bonds. The molecule has 0 aliphatic rings. The number of carbonyl (C=O) groups excluding carboxylic acids is 1. The second-order valence-electron chi connectivity index (χ2n) is 5.15. The first-order valence-corrected chi connectivity index (χ1v) is 5.73. The maximum absolute atomic E-state index is 13.7. The van der Waals surface area contributed by atoms with Crippen LogP contribution in [0.3, 0.4) is 0 Å². The van der Waals surface area contributed by atoms with E-state index in [-0.39, 0.29) is 11.4 Å². The van der Waals surface area contributed by atoms with Crippen molar-refractivity contribution in [2.24, 2.45) is 0 Å². The smallest absolute Gasteiger partial charge is 0.153 e. The third-order valence-electron chi connectivity index (χ3n) is 2.69. The van der Waals surface area contributed by atoms with E-state index >= 15 is 0 Å². The molecular formula is C14H15FN2O. The Morgan fingerprint density at radius 1 is 1.28 bits per heavy atom. The van der Waals surface area contributed by atoms with E-state index < -0.39 is 0 Å². The SMILES string of the molecule is CC(C)(C)n1cc(C=O)c(-c2ccccc2F)n1. The van der Waals surface area contributed by atoms with Gasteiger partial charge in [-0.3, -0.25) is 9.48 Å². The lowest BCUT2D eigenvalue weighted by Crippen LogP contribution is -2.22. The molecule has 94 valence electrons. The topological polar surface area (TPSA) is 34.9 Å². The van der Waals surface area contributed by atoms with E-state index in [1.165, 1.54) is 6.07 Å². The molecular weight excluding hydrogens is 231 g/mol. The molecule has 1 aromatic heterocycles. The number of hydrogen-bond acceptors (Lipinski definition) is 2. The fourth-order valence-corrected chi connectivity index (χ4v) is 1.68. The van der Waals surface area contributed by atoms with Crippen LogP contribution >= 0.6 is 0 Å². The fourth-order valence-electron chi connectivity index (χ4n) is 1.68. The molecule has 0 spiro atoms. The molecule has 0 atom stereocenters. The molecule has 0 aliphatic carbocycles. The van der Waals surface area contributed by atoms with Gasteiger partial charge in [0.1, 0.15) is 11.5 Å². The Hall–Kier alpha value is -1.97. The van der Waals surface area contributed by atoms with Crippen LogP contribution in [0.5, 0.6) is 0 Å². The number of hydrogen-bond donors (Lipinski definition) is 0. The van der Waals surface area contributed by atoms with Gasteiger partial charge in [0.15, 0.2) is 6.29 Å². The Kier molecular flexibility index (Phi) is 3.03. The summed E-state index contributed by atoms with van der Waals surface area (Å²) in [5.41, 5.74) is 0.886. The van der Waals surface area contributed by atoms with Gasteiger partial charge >= 0.3 is 0 Å². The van der Waals surface area contributed by atoms with Crippen LogP contribution in [-0.2, 0) is 5.54 Å². The Morgan fingerprint density at radius 3 is 2.50 bits per heavy atom. The molecule has 0 N–H and O–H groups in total. The zero-order valence-corrected chi connectivity index (χ0v) is 10.6. The van der Waals surface area contributed by atoms with Crippen LogP contribution in [0.2, 0.25) is 0 Å². The highest BCUT2D eigenvalue weighted by molar-refractivity contribution is 5.85. The Bertz CT molecular complexity index is 582. The van der Waals surface area contributed by atoms with Crippen LogP contribution < -0.4 is 0 Å². The zero-order valence-electron chi connectivity index (χ0n) is 10.6. The molecule has 18 heavy (non-hydrogen) atoms. The first kappa shape index (κ1) is 12.5. The number of carbonyl (C=O) groups is 1. The molecule has 0 bridgehead atoms. The third kappa shape index (κ3) is 2.18. The maximum atomic E-state index is 13.7. The van der Waals surface area contributed by atoms with Gasteiger partial charge in [-0.15, -0.1) is 0 Å². The van der Waals surface area contributed by atoms with Gasteiger partial charge in [-0.05, 0) is 32.9 Å². The number of rotatable bonds is 2. The summed E-state index contributed by atoms with van der Waals surface area (Å²) in [6.45, 7) is 5.92. The molecule has 2 rings (SSSR count). The molecule has 1 heterocycles. The van der Waals surface area contributed by atoms with Crippen LogP contribution in [-0.4, -0.2) is 16.1 Å². The zero-order chi connectivity index (χ0) is 13.3. The summed E-state index contributed by atoms with van der Waals surface area (Å²) >= 11 is 0. The van der Waals surface area contributed by atoms with Crippen molar-refractivity contribution in [2.45, 2.75) is 26.3 Å². The molecule has 0 saturated heterocycles. The minimum atomic E-state index is -0.375. The summed E-state index contributed by atoms with van der Waals surface area (Å²) in [5, 5.41) is 4.33. The molecule has 3 nitrogen and oxygen atoms in total. The summed E-state index contributed by atoms with van der Waals surface area (Å²) in [6, 6.07) is 6.32. The van der Waals surface area contributed by atoms with E-state index in [4.69, 9.17) is 0 Å². The normalized spacial score (nSPS) is 11.6. The molecule has 0 radical (unpaired) electrons. The number of aldehydes is 1. The van der Waals surface area contributed by atoms with E-state index in [2.05, 4.69) is 5.10 Å². The van der Waals surface area contributed by atoms with Gasteiger partial charge in [0.2, 0.25) is 0 Å². The van der Waals surface area contributed by atoms with Crippen molar-refractivity contribution >= 4 is 6.29 Å². The Morgan fingerprint density at radius 2 is 1.94 bits per heavy atom. The summed E-state index contributed by atoms with van der Waals surface area (Å²) in [7, 11) is 0. The van der Waals surface area contributed by atoms with Crippen LogP contribution in [0, 0.1) is 5.82 Å². The highest BCUT2D eigenvalue weighted by Gasteiger charge is 2.20. The summed E-state index contributed by atoms with van der Waals surface area (Å²) in [6.07, 6.45) is 2.35. The second kappa shape index (κ2) is 4.37. The van der Waals surface area contributed by atoms with E-state index in [1.807, 2.05) is 20.8 Å². The number of halogens is 1. The number of aromatic nitrogens is 2. The van der Waals surface area contributed by atoms with E-state index in [0.717, 1.165) is 0 Å². The number of benzene rings is 1. The van der Waals surface area contributed by atoms with Crippen LogP contribution in [0.25, 0.3) is 11.3 Å². The monoisotopic (exact) mass is 246 g/mol. The lowest BCUT2D eigenvalue weighted by molar-refractivity contribution is 0.112. The van der Waals surface area contributed by atoms with Gasteiger partial charge in [-0.2, -0.15) is 5.10 Å². The highest BCUT2D eigenvalue weighted by Crippen LogP contribution is 2.26. The van der Waals surface area contributed by atoms with Gasteiger partial charge in [-0.25, -0.2) is 4.39 Å². The largest absolute Gasteiger partial charge is 0.298 e. The first-order chi connectivity index (χ1) is 8.43. The fraction of sp³-hybridized carbons (Fsp3) is 0.286. The molecule has 4 heteroatoms. The van der Waals surface area contributed by atoms with Gasteiger partial charge < -0.3 is 0 Å². The van der Waals surface area contributed by atoms with Gasteiger partial charge in [-0.1, -0.05) is 12.1 Å². The lowest BCUT2D eigenvalue weighted by Gasteiger charge is -2.18. The van der Waals surface area contributed by atoms with Crippen LogP contribution in [0.1, 0.15) is 31.1 Å². The average Bonchev–Trinajstić information content (AvgIpc) is 2.73. The van der Waals surface area contributed by atoms with Crippen LogP contribution in [0.15, 0.2) is 30.5 Å². The maximum Gasteiger partial charge on any atom is 0.153 e. The van der Waals surface area contributed by atoms with Crippen molar-refractivity contribution in [1.29, 1.82) is 0 Å². The van der Waals surface area contributed by atoms with Gasteiger partial charge in [0.05, 0.1) is 11.1 Å². The summed E-state index contributed by atoms with van der Waals surface area (Å²) in [5.74, 6) is -0.375. The molecule has 1 aromatic carbocycles. The van der Waals surface area contributed by atoms with Crippen molar-refractivity contribution in [3.8, 4) is 11.3 Å². The minimum absolute atomic E-state index is 0.249. The molecule has 0 aliphatic heterocycles. The van der Waals surface area contributed by atoms with E-state index in [1.54, 1.807) is 29.1 Å². The third-order valence-corrected chi connectivity index (χ3v) is 2.69. The first-order valence-electron chi connectivity index (χ1n) is 5.73. The van der Waals surface area contributed by atoms with Crippen molar-refractivity contribution in [3.05, 3.63) is 41.8 Å². The standard InChI is InChI=1S/C14H15FN2O/c1-14(2,3)17-8-10(9-18)13(16-17)11-6-4-5-7-12(11)15/h4-9H,1-3H3. The lowest BCUT2D eigenvalue weighted by atomic mass is 10.1. The second-order valence-corrected chi connectivity index (χ2v) is 5.15. The van der Waals surface area contributed by atoms with Crippen molar-refractivity contribution in [1.82, 2.24) is 9.78 Å². The minimum Gasteiger partial charge on any atom is -0.298 e. The predicted octanol–water partition coefficient (Wildman–Crippen LogP) is 3.26. The Balaban J connectivity index is 2.61. The molecule has 2 aromatic rings. The number of nitrogens with zero attached hydrogens (tertiary/aromatic N) is 2. The van der Waals surface area contributed by atoms with Gasteiger partial charge in [0, 0.05) is 11.8 Å². The van der Waals surface area contributed by atoms with Crippen molar-refractivity contribution in [3.63, 3.8) is 0 Å². The van der Waals surface area contributed by atoms with Crippen molar-refractivity contribution in [2.75, 3.05) is 0 Å².